The summed E-state index contributed by atoms with van der Waals surface area (Å²) in [6.45, 7) is 5.94. The minimum atomic E-state index is -0.151. The van der Waals surface area contributed by atoms with Crippen molar-refractivity contribution in [2.75, 3.05) is 11.9 Å². The van der Waals surface area contributed by atoms with Crippen molar-refractivity contribution in [3.05, 3.63) is 59.2 Å². The van der Waals surface area contributed by atoms with Crippen molar-refractivity contribution >= 4 is 11.6 Å². The van der Waals surface area contributed by atoms with Crippen LogP contribution in [0.5, 0.6) is 5.75 Å². The number of ether oxygens (including phenoxy) is 1. The number of carbonyl (C=O) groups excluding carboxylic acids is 1. The molecule has 0 heterocycles. The van der Waals surface area contributed by atoms with E-state index in [0.29, 0.717) is 0 Å². The summed E-state index contributed by atoms with van der Waals surface area (Å²) in [6, 6.07) is 13.6. The molecule has 1 N–H and O–H groups in total. The summed E-state index contributed by atoms with van der Waals surface area (Å²) in [6.07, 6.45) is 0. The molecular formula is C17H19NO2. The smallest absolute Gasteiger partial charge is 0.262 e. The number of anilines is 1. The van der Waals surface area contributed by atoms with Crippen LogP contribution in [0.2, 0.25) is 0 Å². The third-order valence-corrected chi connectivity index (χ3v) is 3.12. The van der Waals surface area contributed by atoms with E-state index in [1.54, 1.807) is 0 Å². The molecule has 2 aromatic rings. The fourth-order valence-electron chi connectivity index (χ4n) is 1.92. The van der Waals surface area contributed by atoms with Crippen LogP contribution in [0.25, 0.3) is 0 Å². The van der Waals surface area contributed by atoms with Gasteiger partial charge in [-0.05, 0) is 49.6 Å². The highest BCUT2D eigenvalue weighted by Gasteiger charge is 2.07. The van der Waals surface area contributed by atoms with Gasteiger partial charge in [-0.2, -0.15) is 0 Å². The Balaban J connectivity index is 1.96. The van der Waals surface area contributed by atoms with Gasteiger partial charge >= 0.3 is 0 Å². The molecule has 20 heavy (non-hydrogen) atoms. The molecule has 0 atom stereocenters. The molecule has 0 fully saturated rings. The maximum atomic E-state index is 11.9. The summed E-state index contributed by atoms with van der Waals surface area (Å²) < 4.78 is 5.53. The van der Waals surface area contributed by atoms with E-state index in [1.807, 2.05) is 63.2 Å². The Morgan fingerprint density at radius 1 is 1.05 bits per heavy atom. The summed E-state index contributed by atoms with van der Waals surface area (Å²) in [5.41, 5.74) is 4.01. The molecule has 0 aliphatic carbocycles. The lowest BCUT2D eigenvalue weighted by Gasteiger charge is -2.11. The first-order chi connectivity index (χ1) is 9.56. The van der Waals surface area contributed by atoms with Crippen molar-refractivity contribution in [2.24, 2.45) is 0 Å². The number of nitrogens with one attached hydrogen (secondary N) is 1. The molecule has 3 nitrogen and oxygen atoms in total. The molecule has 104 valence electrons. The SMILES string of the molecule is Cc1ccc(C)c(NC(=O)COc2ccccc2C)c1. The number of rotatable bonds is 4. The zero-order valence-electron chi connectivity index (χ0n) is 12.1. The minimum absolute atomic E-state index is 0.0121. The number of hydrogen-bond donors (Lipinski definition) is 1. The van der Waals surface area contributed by atoms with Crippen LogP contribution in [-0.2, 0) is 4.79 Å². The second kappa shape index (κ2) is 6.24. The number of amides is 1. The number of aryl methyl sites for hydroxylation is 3. The molecule has 0 bridgehead atoms. The summed E-state index contributed by atoms with van der Waals surface area (Å²) in [4.78, 5) is 11.9. The predicted octanol–water partition coefficient (Wildman–Crippen LogP) is 3.63. The van der Waals surface area contributed by atoms with Gasteiger partial charge < -0.3 is 10.1 Å². The van der Waals surface area contributed by atoms with Crippen LogP contribution in [0.1, 0.15) is 16.7 Å². The third kappa shape index (κ3) is 3.60. The molecule has 0 unspecified atom stereocenters. The highest BCUT2D eigenvalue weighted by molar-refractivity contribution is 5.92. The zero-order valence-corrected chi connectivity index (χ0v) is 12.1. The van der Waals surface area contributed by atoms with Gasteiger partial charge in [-0.1, -0.05) is 30.3 Å². The first kappa shape index (κ1) is 14.1. The minimum Gasteiger partial charge on any atom is -0.483 e. The van der Waals surface area contributed by atoms with Gasteiger partial charge in [-0.25, -0.2) is 0 Å². The van der Waals surface area contributed by atoms with Crippen molar-refractivity contribution in [1.82, 2.24) is 0 Å². The van der Waals surface area contributed by atoms with E-state index >= 15 is 0 Å². The van der Waals surface area contributed by atoms with E-state index in [9.17, 15) is 4.79 Å². The highest BCUT2D eigenvalue weighted by atomic mass is 16.5. The van der Waals surface area contributed by atoms with Crippen molar-refractivity contribution < 1.29 is 9.53 Å². The first-order valence-electron chi connectivity index (χ1n) is 6.62. The average Bonchev–Trinajstić information content (AvgIpc) is 2.42. The van der Waals surface area contributed by atoms with Gasteiger partial charge in [-0.3, -0.25) is 4.79 Å². The van der Waals surface area contributed by atoms with Crippen LogP contribution in [-0.4, -0.2) is 12.5 Å². The predicted molar refractivity (Wildman–Crippen MR) is 81.2 cm³/mol. The lowest BCUT2D eigenvalue weighted by molar-refractivity contribution is -0.118. The molecular weight excluding hydrogens is 250 g/mol. The molecule has 0 aliphatic rings. The van der Waals surface area contributed by atoms with E-state index < -0.39 is 0 Å². The second-order valence-corrected chi connectivity index (χ2v) is 4.92. The van der Waals surface area contributed by atoms with Crippen LogP contribution in [0.15, 0.2) is 42.5 Å². The van der Waals surface area contributed by atoms with Gasteiger partial charge in [0, 0.05) is 5.69 Å². The van der Waals surface area contributed by atoms with Gasteiger partial charge in [0.15, 0.2) is 6.61 Å². The van der Waals surface area contributed by atoms with E-state index in [0.717, 1.165) is 28.1 Å². The number of carbonyl (C=O) groups is 1. The quantitative estimate of drug-likeness (QED) is 0.920. The molecule has 0 spiro atoms. The van der Waals surface area contributed by atoms with Crippen molar-refractivity contribution in [1.29, 1.82) is 0 Å². The van der Waals surface area contributed by atoms with Crippen LogP contribution >= 0.6 is 0 Å². The molecule has 0 aromatic heterocycles. The molecule has 1 amide bonds. The van der Waals surface area contributed by atoms with Crippen LogP contribution in [0, 0.1) is 20.8 Å². The monoisotopic (exact) mass is 269 g/mol. The summed E-state index contributed by atoms with van der Waals surface area (Å²) in [5.74, 6) is 0.588. The first-order valence-corrected chi connectivity index (χ1v) is 6.62. The largest absolute Gasteiger partial charge is 0.483 e. The molecule has 2 aromatic carbocycles. The molecule has 3 heteroatoms. The van der Waals surface area contributed by atoms with Gasteiger partial charge in [0.25, 0.3) is 5.91 Å². The fourth-order valence-corrected chi connectivity index (χ4v) is 1.92. The van der Waals surface area contributed by atoms with E-state index in [1.165, 1.54) is 0 Å². The number of para-hydroxylation sites is 1. The van der Waals surface area contributed by atoms with Crippen LogP contribution < -0.4 is 10.1 Å². The second-order valence-electron chi connectivity index (χ2n) is 4.92. The standard InChI is InChI=1S/C17H19NO2/c1-12-8-9-13(2)15(10-12)18-17(19)11-20-16-7-5-4-6-14(16)3/h4-10H,11H2,1-3H3,(H,18,19). The Morgan fingerprint density at radius 3 is 2.55 bits per heavy atom. The third-order valence-electron chi connectivity index (χ3n) is 3.12. The number of benzene rings is 2. The molecule has 0 radical (unpaired) electrons. The Kier molecular flexibility index (Phi) is 4.41. The molecule has 0 saturated heterocycles. The normalized spacial score (nSPS) is 10.2. The van der Waals surface area contributed by atoms with Gasteiger partial charge in [0.1, 0.15) is 5.75 Å². The summed E-state index contributed by atoms with van der Waals surface area (Å²) in [5, 5.41) is 2.88. The molecule has 2 rings (SSSR count). The maximum Gasteiger partial charge on any atom is 0.262 e. The number of hydrogen-bond acceptors (Lipinski definition) is 2. The Labute approximate surface area is 119 Å². The van der Waals surface area contributed by atoms with E-state index in [4.69, 9.17) is 4.74 Å². The lowest BCUT2D eigenvalue weighted by Crippen LogP contribution is -2.20. The van der Waals surface area contributed by atoms with Crippen molar-refractivity contribution in [3.8, 4) is 5.75 Å². The van der Waals surface area contributed by atoms with Gasteiger partial charge in [0.05, 0.1) is 0 Å². The maximum absolute atomic E-state index is 11.9. The Morgan fingerprint density at radius 2 is 1.80 bits per heavy atom. The van der Waals surface area contributed by atoms with E-state index in [-0.39, 0.29) is 12.5 Å². The van der Waals surface area contributed by atoms with Gasteiger partial charge in [-0.15, -0.1) is 0 Å². The average molecular weight is 269 g/mol. The summed E-state index contributed by atoms with van der Waals surface area (Å²) in [7, 11) is 0. The van der Waals surface area contributed by atoms with Crippen molar-refractivity contribution in [2.45, 2.75) is 20.8 Å². The van der Waals surface area contributed by atoms with Crippen molar-refractivity contribution in [3.63, 3.8) is 0 Å². The lowest BCUT2D eigenvalue weighted by atomic mass is 10.1. The summed E-state index contributed by atoms with van der Waals surface area (Å²) >= 11 is 0. The molecule has 0 aliphatic heterocycles. The highest BCUT2D eigenvalue weighted by Crippen LogP contribution is 2.18. The Hall–Kier alpha value is -2.29. The van der Waals surface area contributed by atoms with E-state index in [2.05, 4.69) is 5.32 Å². The Bertz CT molecular complexity index is 620. The zero-order chi connectivity index (χ0) is 14.5. The molecule has 0 saturated carbocycles. The fraction of sp³-hybridized carbons (Fsp3) is 0.235. The van der Waals surface area contributed by atoms with Crippen LogP contribution in [0.3, 0.4) is 0 Å². The van der Waals surface area contributed by atoms with Crippen LogP contribution in [0.4, 0.5) is 5.69 Å². The topological polar surface area (TPSA) is 38.3 Å². The van der Waals surface area contributed by atoms with Gasteiger partial charge in [0.2, 0.25) is 0 Å².